The van der Waals surface area contributed by atoms with Crippen LogP contribution in [0.3, 0.4) is 0 Å². The lowest BCUT2D eigenvalue weighted by atomic mass is 9.81. The highest BCUT2D eigenvalue weighted by atomic mass is 127. The molecule has 1 atom stereocenters. The minimum Gasteiger partial charge on any atom is -0.340 e. The topological polar surface area (TPSA) is 73.1 Å². The number of Topliss-reactive ketones (excluding diaryl/α,β-unsaturated/α-hetero) is 1. The van der Waals surface area contributed by atoms with Crippen LogP contribution in [0.5, 0.6) is 0 Å². The molecule has 1 N–H and O–H groups in total. The Hall–Kier alpha value is -2.94. The van der Waals surface area contributed by atoms with Gasteiger partial charge in [-0.2, -0.15) is 0 Å². The molecule has 5 rings (SSSR count). The predicted molar refractivity (Wildman–Crippen MR) is 119 cm³/mol. The van der Waals surface area contributed by atoms with Crippen LogP contribution in [0.2, 0.25) is 0 Å². The van der Waals surface area contributed by atoms with E-state index in [9.17, 15) is 14.4 Å². The van der Waals surface area contributed by atoms with Crippen LogP contribution in [0.4, 0.5) is 5.82 Å². The number of hydrogen-bond donors (Lipinski definition) is 1. The Balaban J connectivity index is 1.89. The number of allylic oxidation sites excluding steroid dienone is 1. The maximum atomic E-state index is 13.4. The Morgan fingerprint density at radius 1 is 0.897 bits per heavy atom. The van der Waals surface area contributed by atoms with Gasteiger partial charge in [0, 0.05) is 40.3 Å². The third-order valence-corrected chi connectivity index (χ3v) is 6.40. The van der Waals surface area contributed by atoms with Gasteiger partial charge in [0.05, 0.1) is 11.3 Å². The Labute approximate surface area is 179 Å². The van der Waals surface area contributed by atoms with Crippen LogP contribution in [-0.2, 0) is 14.1 Å². The normalized spacial score (nSPS) is 16.9. The number of aromatic nitrogens is 2. The number of fused-ring (bicyclic) bond motifs is 3. The van der Waals surface area contributed by atoms with Crippen molar-refractivity contribution >= 4 is 39.9 Å². The van der Waals surface area contributed by atoms with Gasteiger partial charge in [-0.15, -0.1) is 0 Å². The first-order valence-electron chi connectivity index (χ1n) is 9.10. The van der Waals surface area contributed by atoms with E-state index in [2.05, 4.69) is 27.9 Å². The van der Waals surface area contributed by atoms with E-state index in [-0.39, 0.29) is 5.78 Å². The quantitative estimate of drug-likeness (QED) is 0.525. The number of anilines is 1. The average molecular weight is 497 g/mol. The van der Waals surface area contributed by atoms with Gasteiger partial charge in [-0.3, -0.25) is 18.7 Å². The zero-order valence-electron chi connectivity index (χ0n) is 15.7. The van der Waals surface area contributed by atoms with Gasteiger partial charge in [0.2, 0.25) is 0 Å². The molecule has 0 bridgehead atoms. The smallest absolute Gasteiger partial charge is 0.332 e. The van der Waals surface area contributed by atoms with Gasteiger partial charge in [0.1, 0.15) is 5.82 Å². The first kappa shape index (κ1) is 18.1. The van der Waals surface area contributed by atoms with Crippen molar-refractivity contribution in [2.45, 2.75) is 5.92 Å². The number of benzene rings is 2. The van der Waals surface area contributed by atoms with E-state index >= 15 is 0 Å². The number of nitrogens with one attached hydrogen (secondary N) is 1. The van der Waals surface area contributed by atoms with Crippen LogP contribution in [0.15, 0.2) is 63.7 Å². The Kier molecular flexibility index (Phi) is 3.92. The molecule has 1 unspecified atom stereocenters. The van der Waals surface area contributed by atoms with Crippen molar-refractivity contribution in [1.82, 2.24) is 9.13 Å². The van der Waals surface area contributed by atoms with E-state index in [0.29, 0.717) is 28.2 Å². The van der Waals surface area contributed by atoms with Crippen LogP contribution in [-0.4, -0.2) is 14.9 Å². The summed E-state index contributed by atoms with van der Waals surface area (Å²) in [6.45, 7) is 0. The molecule has 29 heavy (non-hydrogen) atoms. The fourth-order valence-corrected chi connectivity index (χ4v) is 4.61. The van der Waals surface area contributed by atoms with Gasteiger partial charge in [0.15, 0.2) is 5.78 Å². The zero-order chi connectivity index (χ0) is 20.4. The molecule has 0 amide bonds. The highest BCUT2D eigenvalue weighted by molar-refractivity contribution is 14.1. The van der Waals surface area contributed by atoms with Crippen LogP contribution in [0.1, 0.15) is 33.0 Å². The van der Waals surface area contributed by atoms with E-state index in [1.54, 1.807) is 13.1 Å². The van der Waals surface area contributed by atoms with E-state index < -0.39 is 17.2 Å². The van der Waals surface area contributed by atoms with E-state index in [1.807, 2.05) is 42.5 Å². The van der Waals surface area contributed by atoms with Crippen LogP contribution < -0.4 is 16.6 Å². The Morgan fingerprint density at radius 2 is 1.55 bits per heavy atom. The highest BCUT2D eigenvalue weighted by Gasteiger charge is 2.42. The molecule has 2 aromatic carbocycles. The third kappa shape index (κ3) is 2.43. The van der Waals surface area contributed by atoms with Gasteiger partial charge in [-0.05, 0) is 40.3 Å². The molecule has 0 spiro atoms. The lowest BCUT2D eigenvalue weighted by Crippen LogP contribution is -2.42. The van der Waals surface area contributed by atoms with Gasteiger partial charge in [-0.1, -0.05) is 36.4 Å². The molecule has 2 heterocycles. The fourth-order valence-electron chi connectivity index (χ4n) is 4.25. The summed E-state index contributed by atoms with van der Waals surface area (Å²) < 4.78 is 3.59. The summed E-state index contributed by atoms with van der Waals surface area (Å²) in [5.41, 5.74) is 3.07. The summed E-state index contributed by atoms with van der Waals surface area (Å²) >= 11 is 2.22. The van der Waals surface area contributed by atoms with E-state index in [4.69, 9.17) is 0 Å². The molecule has 0 saturated heterocycles. The maximum Gasteiger partial charge on any atom is 0.332 e. The number of halogens is 1. The van der Waals surface area contributed by atoms with Gasteiger partial charge in [0.25, 0.3) is 5.56 Å². The second-order valence-corrected chi connectivity index (χ2v) is 8.49. The highest BCUT2D eigenvalue weighted by Crippen LogP contribution is 2.47. The van der Waals surface area contributed by atoms with Crippen molar-refractivity contribution in [3.63, 3.8) is 0 Å². The summed E-state index contributed by atoms with van der Waals surface area (Å²) in [5, 5.41) is 3.24. The van der Waals surface area contributed by atoms with Crippen molar-refractivity contribution in [2.75, 3.05) is 5.32 Å². The molecule has 0 radical (unpaired) electrons. The molecule has 3 aromatic rings. The number of nitrogens with zero attached hydrogens (tertiary/aromatic N) is 2. The van der Waals surface area contributed by atoms with Crippen molar-refractivity contribution in [3.05, 3.63) is 101 Å². The Morgan fingerprint density at radius 3 is 2.24 bits per heavy atom. The van der Waals surface area contributed by atoms with Gasteiger partial charge < -0.3 is 5.32 Å². The zero-order valence-corrected chi connectivity index (χ0v) is 17.9. The number of hydrogen-bond acceptors (Lipinski definition) is 4. The first-order valence-corrected chi connectivity index (χ1v) is 10.2. The number of carbonyl (C=O) groups is 1. The molecule has 7 heteroatoms. The molecule has 1 aromatic heterocycles. The molecule has 144 valence electrons. The fraction of sp³-hybridized carbons (Fsp3) is 0.136. The second-order valence-electron chi connectivity index (χ2n) is 7.24. The summed E-state index contributed by atoms with van der Waals surface area (Å²) in [4.78, 5) is 39.1. The van der Waals surface area contributed by atoms with Crippen molar-refractivity contribution in [1.29, 1.82) is 0 Å². The molecular formula is C22H16IN3O3. The summed E-state index contributed by atoms with van der Waals surface area (Å²) in [5.74, 6) is -0.207. The minimum absolute atomic E-state index is 0.0896. The minimum atomic E-state index is -0.552. The molecule has 2 aliphatic rings. The second kappa shape index (κ2) is 6.28. The van der Waals surface area contributed by atoms with E-state index in [1.165, 1.54) is 11.6 Å². The maximum absolute atomic E-state index is 13.4. The molecule has 0 saturated carbocycles. The van der Waals surface area contributed by atoms with Crippen LogP contribution >= 0.6 is 22.6 Å². The van der Waals surface area contributed by atoms with Crippen LogP contribution in [0, 0.1) is 3.57 Å². The van der Waals surface area contributed by atoms with Gasteiger partial charge >= 0.3 is 5.69 Å². The molecule has 1 aliphatic heterocycles. The monoisotopic (exact) mass is 497 g/mol. The molecule has 0 fully saturated rings. The molecule has 1 aliphatic carbocycles. The Bertz CT molecular complexity index is 1360. The van der Waals surface area contributed by atoms with Crippen molar-refractivity contribution in [3.8, 4) is 0 Å². The van der Waals surface area contributed by atoms with Crippen molar-refractivity contribution in [2.24, 2.45) is 14.1 Å². The standard InChI is InChI=1S/C22H16IN3O3/c1-25-20-17(21(28)26(2)22(25)29)15(11-7-9-12(23)10-8-11)16-18(24-20)13-5-3-4-6-14(13)19(16)27/h3-10,15,24H,1-2H3. The molecular weight excluding hydrogens is 481 g/mol. The van der Waals surface area contributed by atoms with Crippen LogP contribution in [0.25, 0.3) is 5.70 Å². The van der Waals surface area contributed by atoms with E-state index in [0.717, 1.165) is 19.3 Å². The van der Waals surface area contributed by atoms with Gasteiger partial charge in [-0.25, -0.2) is 4.79 Å². The number of carbonyl (C=O) groups excluding carboxylic acids is 1. The SMILES string of the molecule is Cn1c2c(c(=O)n(C)c1=O)C(c1ccc(I)cc1)C1=C(N2)c2ccccc2C1=O. The number of ketones is 1. The first-order chi connectivity index (χ1) is 13.9. The lowest BCUT2D eigenvalue weighted by Gasteiger charge is -2.29. The van der Waals surface area contributed by atoms with Crippen molar-refractivity contribution < 1.29 is 4.79 Å². The molecule has 6 nitrogen and oxygen atoms in total. The summed E-state index contributed by atoms with van der Waals surface area (Å²) in [6.07, 6.45) is 0. The summed E-state index contributed by atoms with van der Waals surface area (Å²) in [7, 11) is 3.10. The lowest BCUT2D eigenvalue weighted by molar-refractivity contribution is 0.103. The third-order valence-electron chi connectivity index (χ3n) is 5.68. The summed E-state index contributed by atoms with van der Waals surface area (Å²) in [6, 6.07) is 15.2. The number of rotatable bonds is 1. The predicted octanol–water partition coefficient (Wildman–Crippen LogP) is 2.85. The average Bonchev–Trinajstić information content (AvgIpc) is 3.02. The largest absolute Gasteiger partial charge is 0.340 e.